The van der Waals surface area contributed by atoms with Crippen LogP contribution in [0.1, 0.15) is 11.4 Å². The molecule has 0 radical (unpaired) electrons. The summed E-state index contributed by atoms with van der Waals surface area (Å²) in [5, 5.41) is 0. The molecule has 1 heterocycles. The first-order valence-corrected chi connectivity index (χ1v) is 5.91. The Labute approximate surface area is 104 Å². The molecule has 0 spiro atoms. The Balaban J connectivity index is 2.57. The van der Waals surface area contributed by atoms with E-state index in [0.717, 1.165) is 15.9 Å². The standard InChI is InChI=1S/C13H14BrNO/c1-9-4-5-10(2)15(9)11-6-7-12(14)13(8-11)16-3/h4-8H,1-3H3. The van der Waals surface area contributed by atoms with Crippen LogP contribution in [-0.4, -0.2) is 11.7 Å². The molecule has 2 aromatic rings. The molecule has 0 aliphatic heterocycles. The van der Waals surface area contributed by atoms with Crippen molar-refractivity contribution in [2.24, 2.45) is 0 Å². The summed E-state index contributed by atoms with van der Waals surface area (Å²) in [7, 11) is 1.68. The Bertz CT molecular complexity index is 497. The van der Waals surface area contributed by atoms with Crippen LogP contribution < -0.4 is 4.74 Å². The molecule has 3 heteroatoms. The monoisotopic (exact) mass is 279 g/mol. The third-order valence-corrected chi connectivity index (χ3v) is 3.32. The fourth-order valence-electron chi connectivity index (χ4n) is 1.86. The van der Waals surface area contributed by atoms with Gasteiger partial charge in [-0.15, -0.1) is 0 Å². The highest BCUT2D eigenvalue weighted by atomic mass is 79.9. The Morgan fingerprint density at radius 1 is 1.06 bits per heavy atom. The van der Waals surface area contributed by atoms with Gasteiger partial charge in [0.25, 0.3) is 0 Å². The highest BCUT2D eigenvalue weighted by Crippen LogP contribution is 2.28. The van der Waals surface area contributed by atoms with Crippen LogP contribution in [0.5, 0.6) is 5.75 Å². The second-order valence-corrected chi connectivity index (χ2v) is 4.62. The van der Waals surface area contributed by atoms with E-state index in [0.29, 0.717) is 0 Å². The van der Waals surface area contributed by atoms with Crippen molar-refractivity contribution < 1.29 is 4.74 Å². The Kier molecular flexibility index (Phi) is 3.06. The van der Waals surface area contributed by atoms with Crippen molar-refractivity contribution in [3.8, 4) is 11.4 Å². The third-order valence-electron chi connectivity index (χ3n) is 2.66. The molecule has 1 aromatic heterocycles. The molecule has 16 heavy (non-hydrogen) atoms. The molecule has 0 amide bonds. The van der Waals surface area contributed by atoms with Gasteiger partial charge in [-0.05, 0) is 54.0 Å². The first kappa shape index (κ1) is 11.3. The molecule has 0 bridgehead atoms. The summed E-state index contributed by atoms with van der Waals surface area (Å²) in [6.45, 7) is 4.20. The molecule has 0 unspecified atom stereocenters. The molecule has 0 saturated carbocycles. The second kappa shape index (κ2) is 4.34. The molecule has 1 aromatic carbocycles. The number of nitrogens with zero attached hydrogens (tertiary/aromatic N) is 1. The van der Waals surface area contributed by atoms with Crippen LogP contribution in [0, 0.1) is 13.8 Å². The van der Waals surface area contributed by atoms with Gasteiger partial charge in [0, 0.05) is 23.1 Å². The molecule has 0 N–H and O–H groups in total. The number of hydrogen-bond donors (Lipinski definition) is 0. The molecule has 0 fully saturated rings. The van der Waals surface area contributed by atoms with Crippen molar-refractivity contribution in [1.29, 1.82) is 0 Å². The van der Waals surface area contributed by atoms with E-state index in [-0.39, 0.29) is 0 Å². The van der Waals surface area contributed by atoms with Gasteiger partial charge in [0.1, 0.15) is 5.75 Å². The summed E-state index contributed by atoms with van der Waals surface area (Å²) < 4.78 is 8.48. The van der Waals surface area contributed by atoms with Crippen LogP contribution in [0.2, 0.25) is 0 Å². The Hall–Kier alpha value is -1.22. The van der Waals surface area contributed by atoms with Gasteiger partial charge in [-0.25, -0.2) is 0 Å². The van der Waals surface area contributed by atoms with Crippen molar-refractivity contribution in [2.75, 3.05) is 7.11 Å². The highest BCUT2D eigenvalue weighted by molar-refractivity contribution is 9.10. The number of methoxy groups -OCH3 is 1. The lowest BCUT2D eigenvalue weighted by atomic mass is 10.3. The second-order valence-electron chi connectivity index (χ2n) is 3.77. The van der Waals surface area contributed by atoms with Crippen molar-refractivity contribution in [3.05, 3.63) is 46.2 Å². The van der Waals surface area contributed by atoms with Crippen LogP contribution in [0.4, 0.5) is 0 Å². The maximum atomic E-state index is 5.30. The zero-order valence-corrected chi connectivity index (χ0v) is 11.2. The van der Waals surface area contributed by atoms with Crippen molar-refractivity contribution in [1.82, 2.24) is 4.57 Å². The van der Waals surface area contributed by atoms with Gasteiger partial charge in [0.15, 0.2) is 0 Å². The van der Waals surface area contributed by atoms with Crippen LogP contribution in [-0.2, 0) is 0 Å². The minimum Gasteiger partial charge on any atom is -0.495 e. The molecule has 0 atom stereocenters. The maximum absolute atomic E-state index is 5.30. The predicted octanol–water partition coefficient (Wildman–Crippen LogP) is 3.87. The van der Waals surface area contributed by atoms with Gasteiger partial charge in [0.05, 0.1) is 11.6 Å². The van der Waals surface area contributed by atoms with Crippen LogP contribution >= 0.6 is 15.9 Å². The fraction of sp³-hybridized carbons (Fsp3) is 0.231. The molecule has 84 valence electrons. The maximum Gasteiger partial charge on any atom is 0.135 e. The lowest BCUT2D eigenvalue weighted by Gasteiger charge is -2.11. The van der Waals surface area contributed by atoms with Gasteiger partial charge in [0.2, 0.25) is 0 Å². The Morgan fingerprint density at radius 2 is 1.69 bits per heavy atom. The van der Waals surface area contributed by atoms with E-state index < -0.39 is 0 Å². The molecule has 0 aliphatic carbocycles. The van der Waals surface area contributed by atoms with Gasteiger partial charge < -0.3 is 9.30 Å². The number of halogens is 1. The quantitative estimate of drug-likeness (QED) is 0.814. The average molecular weight is 280 g/mol. The largest absolute Gasteiger partial charge is 0.495 e. The normalized spacial score (nSPS) is 10.5. The number of aryl methyl sites for hydroxylation is 2. The van der Waals surface area contributed by atoms with E-state index in [1.54, 1.807) is 7.11 Å². The minimum absolute atomic E-state index is 0.852. The van der Waals surface area contributed by atoms with Gasteiger partial charge in [-0.3, -0.25) is 0 Å². The van der Waals surface area contributed by atoms with Crippen molar-refractivity contribution in [2.45, 2.75) is 13.8 Å². The number of benzene rings is 1. The zero-order chi connectivity index (χ0) is 11.7. The van der Waals surface area contributed by atoms with Crippen LogP contribution in [0.3, 0.4) is 0 Å². The zero-order valence-electron chi connectivity index (χ0n) is 9.62. The number of hydrogen-bond acceptors (Lipinski definition) is 1. The molecule has 2 rings (SSSR count). The minimum atomic E-state index is 0.852. The van der Waals surface area contributed by atoms with Gasteiger partial charge >= 0.3 is 0 Å². The molecule has 0 aliphatic rings. The summed E-state index contributed by atoms with van der Waals surface area (Å²) >= 11 is 3.46. The van der Waals surface area contributed by atoms with Crippen molar-refractivity contribution in [3.63, 3.8) is 0 Å². The summed E-state index contributed by atoms with van der Waals surface area (Å²) in [6, 6.07) is 10.3. The molecule has 2 nitrogen and oxygen atoms in total. The number of aromatic nitrogens is 1. The fourth-order valence-corrected chi connectivity index (χ4v) is 2.27. The summed E-state index contributed by atoms with van der Waals surface area (Å²) in [6.07, 6.45) is 0. The third kappa shape index (κ3) is 1.87. The summed E-state index contributed by atoms with van der Waals surface area (Å²) in [5.41, 5.74) is 3.57. The Morgan fingerprint density at radius 3 is 2.25 bits per heavy atom. The van der Waals surface area contributed by atoms with E-state index in [1.165, 1.54) is 11.4 Å². The lowest BCUT2D eigenvalue weighted by Crippen LogP contribution is -1.99. The summed E-state index contributed by atoms with van der Waals surface area (Å²) in [5.74, 6) is 0.852. The molecular formula is C13H14BrNO. The van der Waals surface area contributed by atoms with E-state index >= 15 is 0 Å². The van der Waals surface area contributed by atoms with E-state index in [2.05, 4.69) is 52.5 Å². The van der Waals surface area contributed by atoms with E-state index in [4.69, 9.17) is 4.74 Å². The highest BCUT2D eigenvalue weighted by Gasteiger charge is 2.06. The smallest absolute Gasteiger partial charge is 0.135 e. The van der Waals surface area contributed by atoms with E-state index in [1.807, 2.05) is 12.1 Å². The number of rotatable bonds is 2. The summed E-state index contributed by atoms with van der Waals surface area (Å²) in [4.78, 5) is 0. The molecular weight excluding hydrogens is 266 g/mol. The first-order valence-electron chi connectivity index (χ1n) is 5.12. The lowest BCUT2D eigenvalue weighted by molar-refractivity contribution is 0.412. The topological polar surface area (TPSA) is 14.2 Å². The van der Waals surface area contributed by atoms with Crippen molar-refractivity contribution >= 4 is 15.9 Å². The van der Waals surface area contributed by atoms with E-state index in [9.17, 15) is 0 Å². The van der Waals surface area contributed by atoms with Crippen LogP contribution in [0.25, 0.3) is 5.69 Å². The number of ether oxygens (including phenoxy) is 1. The SMILES string of the molecule is COc1cc(-n2c(C)ccc2C)ccc1Br. The molecule has 0 saturated heterocycles. The first-order chi connectivity index (χ1) is 7.63. The van der Waals surface area contributed by atoms with Crippen LogP contribution in [0.15, 0.2) is 34.8 Å². The van der Waals surface area contributed by atoms with Gasteiger partial charge in [-0.1, -0.05) is 0 Å². The predicted molar refractivity (Wildman–Crippen MR) is 69.5 cm³/mol. The average Bonchev–Trinajstić information content (AvgIpc) is 2.60. The van der Waals surface area contributed by atoms with Gasteiger partial charge in [-0.2, -0.15) is 0 Å².